The van der Waals surface area contributed by atoms with Crippen LogP contribution >= 0.6 is 0 Å². The van der Waals surface area contributed by atoms with Crippen LogP contribution in [0.5, 0.6) is 0 Å². The summed E-state index contributed by atoms with van der Waals surface area (Å²) >= 11 is 0. The van der Waals surface area contributed by atoms with Crippen LogP contribution in [0.15, 0.2) is 0 Å². The van der Waals surface area contributed by atoms with Crippen LogP contribution in [0.1, 0.15) is 20.3 Å². The Hall–Kier alpha value is -1.54. The fourth-order valence-electron chi connectivity index (χ4n) is 2.00. The van der Waals surface area contributed by atoms with Gasteiger partial charge in [0.05, 0.1) is 13.2 Å². The quantitative estimate of drug-likeness (QED) is 0.640. The SMILES string of the molecule is CNC(=O)OCC(C)(C)COC(=O)NCCCN1CCOCC1. The van der Waals surface area contributed by atoms with Crippen molar-refractivity contribution in [3.05, 3.63) is 0 Å². The van der Waals surface area contributed by atoms with Gasteiger partial charge in [-0.05, 0) is 13.0 Å². The minimum atomic E-state index is -0.495. The van der Waals surface area contributed by atoms with Crippen LogP contribution in [0.4, 0.5) is 9.59 Å². The van der Waals surface area contributed by atoms with Crippen molar-refractivity contribution in [3.8, 4) is 0 Å². The van der Waals surface area contributed by atoms with Crippen molar-refractivity contribution in [3.63, 3.8) is 0 Å². The molecule has 0 aromatic rings. The van der Waals surface area contributed by atoms with Crippen molar-refractivity contribution in [1.29, 1.82) is 0 Å². The molecule has 0 atom stereocenters. The lowest BCUT2D eigenvalue weighted by Crippen LogP contribution is -2.38. The molecule has 23 heavy (non-hydrogen) atoms. The maximum absolute atomic E-state index is 11.6. The van der Waals surface area contributed by atoms with E-state index < -0.39 is 17.6 Å². The van der Waals surface area contributed by atoms with E-state index in [0.717, 1.165) is 39.3 Å². The van der Waals surface area contributed by atoms with Gasteiger partial charge in [0, 0.05) is 32.1 Å². The number of carbonyl (C=O) groups is 2. The monoisotopic (exact) mass is 331 g/mol. The third kappa shape index (κ3) is 9.25. The van der Waals surface area contributed by atoms with Crippen molar-refractivity contribution in [2.45, 2.75) is 20.3 Å². The van der Waals surface area contributed by atoms with Crippen LogP contribution < -0.4 is 10.6 Å². The minimum absolute atomic E-state index is 0.178. The second-order valence-corrected chi connectivity index (χ2v) is 6.30. The summed E-state index contributed by atoms with van der Waals surface area (Å²) in [4.78, 5) is 25.0. The Morgan fingerprint density at radius 2 is 1.74 bits per heavy atom. The van der Waals surface area contributed by atoms with Crippen LogP contribution in [-0.4, -0.2) is 76.7 Å². The highest BCUT2D eigenvalue weighted by molar-refractivity contribution is 5.67. The van der Waals surface area contributed by atoms with Gasteiger partial charge in [0.15, 0.2) is 0 Å². The van der Waals surface area contributed by atoms with E-state index in [2.05, 4.69) is 15.5 Å². The lowest BCUT2D eigenvalue weighted by Gasteiger charge is -2.26. The summed E-state index contributed by atoms with van der Waals surface area (Å²) in [6.07, 6.45) is -0.0659. The van der Waals surface area contributed by atoms with Gasteiger partial charge in [0.2, 0.25) is 0 Å². The molecule has 1 heterocycles. The molecule has 0 saturated carbocycles. The topological polar surface area (TPSA) is 89.1 Å². The number of nitrogens with zero attached hydrogens (tertiary/aromatic N) is 1. The Bertz CT molecular complexity index is 370. The molecule has 0 aromatic heterocycles. The highest BCUT2D eigenvalue weighted by Crippen LogP contribution is 2.16. The van der Waals surface area contributed by atoms with Crippen molar-refractivity contribution in [1.82, 2.24) is 15.5 Å². The molecular formula is C15H29N3O5. The summed E-state index contributed by atoms with van der Waals surface area (Å²) in [5.41, 5.74) is -0.433. The second kappa shape index (κ2) is 10.3. The van der Waals surface area contributed by atoms with Gasteiger partial charge >= 0.3 is 12.2 Å². The van der Waals surface area contributed by atoms with Gasteiger partial charge in [0.1, 0.15) is 13.2 Å². The molecule has 2 amide bonds. The predicted octanol–water partition coefficient (Wildman–Crippen LogP) is 0.817. The van der Waals surface area contributed by atoms with E-state index in [-0.39, 0.29) is 13.2 Å². The van der Waals surface area contributed by atoms with Gasteiger partial charge in [-0.1, -0.05) is 13.8 Å². The zero-order chi connectivity index (χ0) is 17.1. The normalized spacial score (nSPS) is 15.8. The lowest BCUT2D eigenvalue weighted by atomic mass is 9.96. The number of carbonyl (C=O) groups excluding carboxylic acids is 2. The standard InChI is InChI=1S/C15H29N3O5/c1-15(2,11-22-13(19)16-3)12-23-14(20)17-5-4-6-18-7-9-21-10-8-18/h4-12H2,1-3H3,(H,16,19)(H,17,20). The van der Waals surface area contributed by atoms with Gasteiger partial charge in [-0.15, -0.1) is 0 Å². The molecule has 1 rings (SSSR count). The molecule has 0 bridgehead atoms. The van der Waals surface area contributed by atoms with Crippen LogP contribution in [-0.2, 0) is 14.2 Å². The summed E-state index contributed by atoms with van der Waals surface area (Å²) in [5.74, 6) is 0. The molecule has 0 aromatic carbocycles. The third-order valence-electron chi connectivity index (χ3n) is 3.42. The summed E-state index contributed by atoms with van der Waals surface area (Å²) in [6.45, 7) is 9.05. The molecule has 0 unspecified atom stereocenters. The molecular weight excluding hydrogens is 302 g/mol. The number of ether oxygens (including phenoxy) is 3. The summed E-state index contributed by atoms with van der Waals surface area (Å²) in [7, 11) is 1.50. The lowest BCUT2D eigenvalue weighted by molar-refractivity contribution is 0.0367. The molecule has 1 aliphatic rings. The predicted molar refractivity (Wildman–Crippen MR) is 85.4 cm³/mol. The number of hydrogen-bond donors (Lipinski definition) is 2. The van der Waals surface area contributed by atoms with Crippen LogP contribution in [0, 0.1) is 5.41 Å². The van der Waals surface area contributed by atoms with E-state index in [0.29, 0.717) is 6.54 Å². The van der Waals surface area contributed by atoms with Crippen molar-refractivity contribution in [2.24, 2.45) is 5.41 Å². The highest BCUT2D eigenvalue weighted by atomic mass is 16.6. The number of alkyl carbamates (subject to hydrolysis) is 2. The van der Waals surface area contributed by atoms with E-state index in [9.17, 15) is 9.59 Å². The number of hydrogen-bond acceptors (Lipinski definition) is 6. The molecule has 0 spiro atoms. The molecule has 134 valence electrons. The van der Waals surface area contributed by atoms with Gasteiger partial charge in [-0.3, -0.25) is 4.90 Å². The fraction of sp³-hybridized carbons (Fsp3) is 0.867. The summed E-state index contributed by atoms with van der Waals surface area (Å²) in [5, 5.41) is 5.10. The van der Waals surface area contributed by atoms with Crippen LogP contribution in [0.2, 0.25) is 0 Å². The van der Waals surface area contributed by atoms with Crippen LogP contribution in [0.3, 0.4) is 0 Å². The Labute approximate surface area is 137 Å². The number of morpholine rings is 1. The molecule has 1 fully saturated rings. The van der Waals surface area contributed by atoms with Crippen molar-refractivity contribution < 1.29 is 23.8 Å². The molecule has 8 nitrogen and oxygen atoms in total. The van der Waals surface area contributed by atoms with E-state index in [4.69, 9.17) is 14.2 Å². The highest BCUT2D eigenvalue weighted by Gasteiger charge is 2.22. The summed E-state index contributed by atoms with van der Waals surface area (Å²) in [6, 6.07) is 0. The summed E-state index contributed by atoms with van der Waals surface area (Å²) < 4.78 is 15.4. The average Bonchev–Trinajstić information content (AvgIpc) is 2.56. The first-order valence-corrected chi connectivity index (χ1v) is 7.98. The molecule has 2 N–H and O–H groups in total. The Kier molecular flexibility index (Phi) is 8.71. The van der Waals surface area contributed by atoms with E-state index in [1.807, 2.05) is 13.8 Å². The van der Waals surface area contributed by atoms with E-state index >= 15 is 0 Å². The van der Waals surface area contributed by atoms with Crippen molar-refractivity contribution in [2.75, 3.05) is 59.7 Å². The number of rotatable bonds is 8. The van der Waals surface area contributed by atoms with Gasteiger partial charge in [-0.2, -0.15) is 0 Å². The zero-order valence-electron chi connectivity index (χ0n) is 14.4. The van der Waals surface area contributed by atoms with E-state index in [1.165, 1.54) is 7.05 Å². The minimum Gasteiger partial charge on any atom is -0.449 e. The van der Waals surface area contributed by atoms with Gasteiger partial charge in [-0.25, -0.2) is 9.59 Å². The average molecular weight is 331 g/mol. The molecule has 0 radical (unpaired) electrons. The Morgan fingerprint density at radius 3 is 2.35 bits per heavy atom. The Morgan fingerprint density at radius 1 is 1.13 bits per heavy atom. The van der Waals surface area contributed by atoms with Gasteiger partial charge < -0.3 is 24.8 Å². The third-order valence-corrected chi connectivity index (χ3v) is 3.42. The maximum atomic E-state index is 11.6. The number of nitrogens with one attached hydrogen (secondary N) is 2. The number of amides is 2. The van der Waals surface area contributed by atoms with Crippen molar-refractivity contribution >= 4 is 12.2 Å². The molecule has 0 aliphatic carbocycles. The van der Waals surface area contributed by atoms with Crippen LogP contribution in [0.25, 0.3) is 0 Å². The first kappa shape index (κ1) is 19.5. The maximum Gasteiger partial charge on any atom is 0.407 e. The fourth-order valence-corrected chi connectivity index (χ4v) is 2.00. The smallest absolute Gasteiger partial charge is 0.407 e. The molecule has 8 heteroatoms. The second-order valence-electron chi connectivity index (χ2n) is 6.30. The van der Waals surface area contributed by atoms with E-state index in [1.54, 1.807) is 0 Å². The molecule has 1 aliphatic heterocycles. The first-order chi connectivity index (χ1) is 10.9. The Balaban J connectivity index is 2.07. The molecule has 1 saturated heterocycles. The first-order valence-electron chi connectivity index (χ1n) is 7.98. The largest absolute Gasteiger partial charge is 0.449 e. The zero-order valence-corrected chi connectivity index (χ0v) is 14.4. The van der Waals surface area contributed by atoms with Gasteiger partial charge in [0.25, 0.3) is 0 Å².